The van der Waals surface area contributed by atoms with Gasteiger partial charge in [-0.15, -0.1) is 0 Å². The Kier molecular flexibility index (Phi) is 5.29. The van der Waals surface area contributed by atoms with E-state index >= 15 is 0 Å². The van der Waals surface area contributed by atoms with Crippen LogP contribution < -0.4 is 10.5 Å². The van der Waals surface area contributed by atoms with Crippen molar-refractivity contribution in [1.29, 1.82) is 0 Å². The van der Waals surface area contributed by atoms with Crippen LogP contribution in [0.25, 0.3) is 0 Å². The molecule has 0 bridgehead atoms. The van der Waals surface area contributed by atoms with Crippen molar-refractivity contribution in [3.63, 3.8) is 0 Å². The highest BCUT2D eigenvalue weighted by molar-refractivity contribution is 9.10. The highest BCUT2D eigenvalue weighted by atomic mass is 79.9. The summed E-state index contributed by atoms with van der Waals surface area (Å²) in [4.78, 5) is 0. The molecule has 3 heteroatoms. The van der Waals surface area contributed by atoms with E-state index in [1.807, 2.05) is 0 Å². The van der Waals surface area contributed by atoms with E-state index in [0.29, 0.717) is 12.5 Å². The van der Waals surface area contributed by atoms with Crippen LogP contribution in [0.3, 0.4) is 0 Å². The van der Waals surface area contributed by atoms with Crippen LogP contribution >= 0.6 is 15.9 Å². The number of aryl methyl sites for hydroxylation is 1. The molecule has 90 valence electrons. The summed E-state index contributed by atoms with van der Waals surface area (Å²) >= 11 is 3.55. The molecule has 0 unspecified atom stereocenters. The van der Waals surface area contributed by atoms with Gasteiger partial charge in [0.1, 0.15) is 5.75 Å². The average molecular weight is 286 g/mol. The number of halogens is 1. The molecule has 0 atom stereocenters. The molecule has 0 saturated heterocycles. The summed E-state index contributed by atoms with van der Waals surface area (Å²) in [6.45, 7) is 5.07. The SMILES string of the molecule is COc1c(CCCN)cc(Br)cc1C(C)C. The molecule has 0 aromatic heterocycles. The molecule has 1 aromatic carbocycles. The summed E-state index contributed by atoms with van der Waals surface area (Å²) in [5.41, 5.74) is 8.05. The first kappa shape index (κ1) is 13.5. The molecule has 0 radical (unpaired) electrons. The van der Waals surface area contributed by atoms with E-state index in [2.05, 4.69) is 41.9 Å². The van der Waals surface area contributed by atoms with E-state index in [0.717, 1.165) is 23.1 Å². The van der Waals surface area contributed by atoms with Gasteiger partial charge in [-0.1, -0.05) is 29.8 Å². The zero-order valence-electron chi connectivity index (χ0n) is 10.2. The summed E-state index contributed by atoms with van der Waals surface area (Å²) in [7, 11) is 1.74. The number of rotatable bonds is 5. The molecule has 0 fully saturated rings. The highest BCUT2D eigenvalue weighted by Crippen LogP contribution is 2.34. The van der Waals surface area contributed by atoms with Crippen LogP contribution in [-0.4, -0.2) is 13.7 Å². The lowest BCUT2D eigenvalue weighted by Crippen LogP contribution is -2.04. The van der Waals surface area contributed by atoms with Gasteiger partial charge in [0.05, 0.1) is 7.11 Å². The van der Waals surface area contributed by atoms with Gasteiger partial charge in [0.25, 0.3) is 0 Å². The van der Waals surface area contributed by atoms with E-state index in [-0.39, 0.29) is 0 Å². The van der Waals surface area contributed by atoms with Gasteiger partial charge in [0.15, 0.2) is 0 Å². The van der Waals surface area contributed by atoms with Gasteiger partial charge < -0.3 is 10.5 Å². The third kappa shape index (κ3) is 3.22. The van der Waals surface area contributed by atoms with Crippen LogP contribution in [0.4, 0.5) is 0 Å². The Balaban J connectivity index is 3.14. The highest BCUT2D eigenvalue weighted by Gasteiger charge is 2.13. The van der Waals surface area contributed by atoms with Crippen molar-refractivity contribution in [3.8, 4) is 5.75 Å². The quantitative estimate of drug-likeness (QED) is 0.899. The van der Waals surface area contributed by atoms with Gasteiger partial charge in [0, 0.05) is 4.47 Å². The predicted octanol–water partition coefficient (Wildman–Crippen LogP) is 3.47. The second kappa shape index (κ2) is 6.26. The predicted molar refractivity (Wildman–Crippen MR) is 72.2 cm³/mol. The van der Waals surface area contributed by atoms with Crippen LogP contribution in [0.5, 0.6) is 5.75 Å². The minimum atomic E-state index is 0.462. The first-order chi connectivity index (χ1) is 7.60. The van der Waals surface area contributed by atoms with Crippen molar-refractivity contribution >= 4 is 15.9 Å². The number of nitrogens with two attached hydrogens (primary N) is 1. The minimum Gasteiger partial charge on any atom is -0.496 e. The van der Waals surface area contributed by atoms with E-state index in [9.17, 15) is 0 Å². The lowest BCUT2D eigenvalue weighted by Gasteiger charge is -2.16. The lowest BCUT2D eigenvalue weighted by atomic mass is 9.97. The smallest absolute Gasteiger partial charge is 0.125 e. The summed E-state index contributed by atoms with van der Waals surface area (Å²) in [6.07, 6.45) is 1.96. The van der Waals surface area contributed by atoms with Crippen LogP contribution in [0.2, 0.25) is 0 Å². The molecule has 1 aromatic rings. The Bertz CT molecular complexity index is 350. The number of ether oxygens (including phenoxy) is 1. The summed E-state index contributed by atoms with van der Waals surface area (Å²) in [5, 5.41) is 0. The van der Waals surface area contributed by atoms with Crippen LogP contribution in [-0.2, 0) is 6.42 Å². The third-order valence-corrected chi connectivity index (χ3v) is 3.09. The van der Waals surface area contributed by atoms with E-state index in [1.54, 1.807) is 7.11 Å². The first-order valence-corrected chi connectivity index (χ1v) is 6.45. The number of hydrogen-bond donors (Lipinski definition) is 1. The molecule has 0 aliphatic carbocycles. The van der Waals surface area contributed by atoms with Gasteiger partial charge in [-0.2, -0.15) is 0 Å². The van der Waals surface area contributed by atoms with Crippen LogP contribution in [0.15, 0.2) is 16.6 Å². The van der Waals surface area contributed by atoms with E-state index in [1.165, 1.54) is 11.1 Å². The van der Waals surface area contributed by atoms with Gasteiger partial charge in [0.2, 0.25) is 0 Å². The molecule has 2 N–H and O–H groups in total. The minimum absolute atomic E-state index is 0.462. The van der Waals surface area contributed by atoms with E-state index in [4.69, 9.17) is 10.5 Å². The fraction of sp³-hybridized carbons (Fsp3) is 0.538. The fourth-order valence-corrected chi connectivity index (χ4v) is 2.35. The fourth-order valence-electron chi connectivity index (χ4n) is 1.83. The van der Waals surface area contributed by atoms with Gasteiger partial charge in [-0.05, 0) is 48.6 Å². The van der Waals surface area contributed by atoms with Crippen molar-refractivity contribution in [2.75, 3.05) is 13.7 Å². The molecule has 0 spiro atoms. The summed E-state index contributed by atoms with van der Waals surface area (Å²) in [6, 6.07) is 4.26. The lowest BCUT2D eigenvalue weighted by molar-refractivity contribution is 0.402. The summed E-state index contributed by atoms with van der Waals surface area (Å²) < 4.78 is 6.64. The van der Waals surface area contributed by atoms with Crippen LogP contribution in [0, 0.1) is 0 Å². The average Bonchev–Trinajstić information content (AvgIpc) is 2.25. The molecule has 0 amide bonds. The zero-order valence-corrected chi connectivity index (χ0v) is 11.8. The number of methoxy groups -OCH3 is 1. The Labute approximate surface area is 106 Å². The molecular formula is C13H20BrNO. The van der Waals surface area contributed by atoms with Gasteiger partial charge >= 0.3 is 0 Å². The maximum absolute atomic E-state index is 5.55. The largest absolute Gasteiger partial charge is 0.496 e. The van der Waals surface area contributed by atoms with Gasteiger partial charge in [-0.25, -0.2) is 0 Å². The first-order valence-electron chi connectivity index (χ1n) is 5.66. The van der Waals surface area contributed by atoms with E-state index < -0.39 is 0 Å². The third-order valence-electron chi connectivity index (χ3n) is 2.64. The maximum atomic E-state index is 5.55. The number of hydrogen-bond acceptors (Lipinski definition) is 2. The van der Waals surface area contributed by atoms with Crippen molar-refractivity contribution in [2.45, 2.75) is 32.6 Å². The summed E-state index contributed by atoms with van der Waals surface area (Å²) in [5.74, 6) is 1.48. The van der Waals surface area contributed by atoms with Crippen LogP contribution in [0.1, 0.15) is 37.3 Å². The van der Waals surface area contributed by atoms with Crippen molar-refractivity contribution in [2.24, 2.45) is 5.73 Å². The topological polar surface area (TPSA) is 35.2 Å². The standard InChI is InChI=1S/C13H20BrNO/c1-9(2)12-8-11(14)7-10(5-4-6-15)13(12)16-3/h7-9H,4-6,15H2,1-3H3. The maximum Gasteiger partial charge on any atom is 0.125 e. The second-order valence-corrected chi connectivity index (χ2v) is 5.15. The second-order valence-electron chi connectivity index (χ2n) is 4.23. The van der Waals surface area contributed by atoms with Crippen molar-refractivity contribution in [3.05, 3.63) is 27.7 Å². The molecule has 1 rings (SSSR count). The van der Waals surface area contributed by atoms with Gasteiger partial charge in [-0.3, -0.25) is 0 Å². The Hall–Kier alpha value is -0.540. The molecule has 16 heavy (non-hydrogen) atoms. The molecule has 0 heterocycles. The Morgan fingerprint density at radius 2 is 2.06 bits per heavy atom. The molecule has 2 nitrogen and oxygen atoms in total. The molecular weight excluding hydrogens is 266 g/mol. The zero-order chi connectivity index (χ0) is 12.1. The van der Waals surface area contributed by atoms with Crippen molar-refractivity contribution < 1.29 is 4.74 Å². The number of benzene rings is 1. The Morgan fingerprint density at radius 1 is 1.38 bits per heavy atom. The molecule has 0 saturated carbocycles. The Morgan fingerprint density at radius 3 is 2.56 bits per heavy atom. The molecule has 0 aliphatic rings. The van der Waals surface area contributed by atoms with Crippen molar-refractivity contribution in [1.82, 2.24) is 0 Å². The molecule has 0 aliphatic heterocycles. The normalized spacial score (nSPS) is 10.9. The monoisotopic (exact) mass is 285 g/mol.